The van der Waals surface area contributed by atoms with Crippen LogP contribution in [0.3, 0.4) is 0 Å². The highest BCUT2D eigenvalue weighted by Crippen LogP contribution is 2.42. The maximum Gasteiger partial charge on any atom is 0.265 e. The third kappa shape index (κ3) is 11.3. The van der Waals surface area contributed by atoms with Crippen molar-refractivity contribution in [2.45, 2.75) is 45.5 Å². The summed E-state index contributed by atoms with van der Waals surface area (Å²) in [5.41, 5.74) is 4.24. The van der Waals surface area contributed by atoms with Gasteiger partial charge in [0, 0.05) is 45.7 Å². The van der Waals surface area contributed by atoms with Gasteiger partial charge in [-0.1, -0.05) is 91.0 Å². The first-order valence-corrected chi connectivity index (χ1v) is 16.0. The Morgan fingerprint density at radius 1 is 0.583 bits per heavy atom. The largest absolute Gasteiger partial charge is 0.871 e. The number of aromatic nitrogens is 2. The van der Waals surface area contributed by atoms with Gasteiger partial charge in [0.05, 0.1) is 7.32 Å². The fourth-order valence-electron chi connectivity index (χ4n) is 5.28. The lowest BCUT2D eigenvalue weighted by atomic mass is 9.67. The van der Waals surface area contributed by atoms with E-state index in [4.69, 9.17) is 14.3 Å². The van der Waals surface area contributed by atoms with Crippen molar-refractivity contribution in [2.24, 2.45) is 0 Å². The molecule has 0 unspecified atom stereocenters. The van der Waals surface area contributed by atoms with Crippen LogP contribution < -0.4 is 29.2 Å². The lowest BCUT2D eigenvalue weighted by molar-refractivity contribution is -0.896. The van der Waals surface area contributed by atoms with Crippen molar-refractivity contribution >= 4 is 7.32 Å². The van der Waals surface area contributed by atoms with Crippen molar-refractivity contribution in [1.82, 2.24) is 0 Å². The molecule has 0 aliphatic rings. The summed E-state index contributed by atoms with van der Waals surface area (Å²) in [5, 5.41) is 21.4. The number of rotatable bonds is 14. The molecule has 0 aliphatic heterocycles. The minimum Gasteiger partial charge on any atom is -0.871 e. The summed E-state index contributed by atoms with van der Waals surface area (Å²) in [6, 6.07) is 41.6. The van der Waals surface area contributed by atoms with Crippen molar-refractivity contribution in [1.29, 1.82) is 0 Å². The first-order chi connectivity index (χ1) is 23.5. The number of hydrogen-bond acceptors (Lipinski definition) is 5. The summed E-state index contributed by atoms with van der Waals surface area (Å²) in [6.07, 6.45) is 4.73. The first kappa shape index (κ1) is 37.8. The lowest BCUT2D eigenvalue weighted by Crippen LogP contribution is -2.48. The molecule has 5 rings (SSSR count). The van der Waals surface area contributed by atoms with Gasteiger partial charge in [-0.2, -0.15) is 0 Å². The van der Waals surface area contributed by atoms with Crippen molar-refractivity contribution in [2.75, 3.05) is 19.8 Å². The molecule has 0 atom stereocenters. The van der Waals surface area contributed by atoms with Crippen LogP contribution in [0.15, 0.2) is 140 Å². The molecule has 5 aromatic rings. The fourth-order valence-corrected chi connectivity index (χ4v) is 5.28. The number of pyridine rings is 2. The molecule has 7 nitrogen and oxygen atoms in total. The molecule has 0 saturated heterocycles. The van der Waals surface area contributed by atoms with Crippen LogP contribution in [0.2, 0.25) is 0 Å². The summed E-state index contributed by atoms with van der Waals surface area (Å²) in [6.45, 7) is 3.97. The summed E-state index contributed by atoms with van der Waals surface area (Å²) < 4.78 is 32.0. The highest BCUT2D eigenvalue weighted by molar-refractivity contribution is 6.28. The Morgan fingerprint density at radius 2 is 0.958 bits per heavy atom. The molecular formula is C38H43BF2N2O5. The molecule has 2 aromatic heterocycles. The second-order valence-corrected chi connectivity index (χ2v) is 10.4. The number of nitrogens with zero attached hydrogens (tertiary/aromatic N) is 2. The Bertz CT molecular complexity index is 1420. The molecule has 0 bridgehead atoms. The standard InChI is InChI=1S/C22H21BO3.2C8H11FNO/c24-23(25)26-18-10-17-22(19-11-4-1-5-12-19,20-13-6-2-7-14-20)21-15-8-3-9-16-21;2*1-2-11-10-6-4-3-5-8(10)7-9/h1-9,11-16H,10,17-18H2;2*3-6H,2,7H2,1H3/q-2;2*+1. The Hall–Kier alpha value is -4.64. The van der Waals surface area contributed by atoms with Crippen LogP contribution >= 0.6 is 0 Å². The molecule has 0 amide bonds. The van der Waals surface area contributed by atoms with Crippen LogP contribution in [0, 0.1) is 0 Å². The number of benzene rings is 3. The van der Waals surface area contributed by atoms with Crippen LogP contribution in [0.4, 0.5) is 8.78 Å². The van der Waals surface area contributed by atoms with Crippen molar-refractivity contribution < 1.29 is 42.6 Å². The van der Waals surface area contributed by atoms with E-state index in [1.54, 1.807) is 48.8 Å². The van der Waals surface area contributed by atoms with E-state index in [1.807, 2.05) is 68.4 Å². The molecule has 252 valence electrons. The van der Waals surface area contributed by atoms with Gasteiger partial charge in [0.2, 0.25) is 12.4 Å². The number of alkyl halides is 2. The Kier molecular flexibility index (Phi) is 16.8. The molecule has 0 saturated carbocycles. The molecule has 0 radical (unpaired) electrons. The molecule has 2 heterocycles. The van der Waals surface area contributed by atoms with E-state index in [1.165, 1.54) is 26.2 Å². The second kappa shape index (κ2) is 21.3. The summed E-state index contributed by atoms with van der Waals surface area (Å²) in [5.74, 6) is 0. The average molecular weight is 657 g/mol. The van der Waals surface area contributed by atoms with E-state index in [0.717, 1.165) is 6.42 Å². The zero-order chi connectivity index (χ0) is 34.5. The van der Waals surface area contributed by atoms with E-state index in [-0.39, 0.29) is 12.0 Å². The lowest BCUT2D eigenvalue weighted by Gasteiger charge is -2.37. The zero-order valence-electron chi connectivity index (χ0n) is 27.5. The van der Waals surface area contributed by atoms with Gasteiger partial charge in [-0.3, -0.25) is 9.68 Å². The number of halogens is 2. The Balaban J connectivity index is 0.000000233. The summed E-state index contributed by atoms with van der Waals surface area (Å²) >= 11 is 0. The molecule has 3 aromatic carbocycles. The average Bonchev–Trinajstić information content (AvgIpc) is 3.14. The highest BCUT2D eigenvalue weighted by atomic mass is 19.1. The molecule has 0 fully saturated rings. The predicted octanol–water partition coefficient (Wildman–Crippen LogP) is 4.31. The molecule has 0 aliphatic carbocycles. The minimum absolute atomic E-state index is 0.159. The van der Waals surface area contributed by atoms with Gasteiger partial charge < -0.3 is 14.7 Å². The van der Waals surface area contributed by atoms with E-state index in [9.17, 15) is 18.8 Å². The van der Waals surface area contributed by atoms with Crippen LogP contribution in [0.1, 0.15) is 54.8 Å². The van der Waals surface area contributed by atoms with Gasteiger partial charge >= 0.3 is 0 Å². The third-order valence-electron chi connectivity index (χ3n) is 7.37. The molecule has 10 heteroatoms. The van der Waals surface area contributed by atoms with Crippen LogP contribution in [-0.4, -0.2) is 27.1 Å². The van der Waals surface area contributed by atoms with Gasteiger partial charge in [0.25, 0.3) is 11.4 Å². The van der Waals surface area contributed by atoms with Crippen molar-refractivity contribution in [3.05, 3.63) is 168 Å². The van der Waals surface area contributed by atoms with Gasteiger partial charge in [-0.25, -0.2) is 8.78 Å². The maximum atomic E-state index is 12.2. The molecule has 0 N–H and O–H groups in total. The van der Waals surface area contributed by atoms with Crippen LogP contribution in [0.25, 0.3) is 0 Å². The predicted molar refractivity (Wildman–Crippen MR) is 177 cm³/mol. The normalized spacial score (nSPS) is 10.5. The van der Waals surface area contributed by atoms with E-state index in [2.05, 4.69) is 36.4 Å². The van der Waals surface area contributed by atoms with Gasteiger partial charge in [-0.15, -0.1) is 0 Å². The van der Waals surface area contributed by atoms with E-state index in [0.29, 0.717) is 31.0 Å². The maximum absolute atomic E-state index is 12.2. The molecule has 48 heavy (non-hydrogen) atoms. The smallest absolute Gasteiger partial charge is 0.265 e. The molecular weight excluding hydrogens is 613 g/mol. The van der Waals surface area contributed by atoms with Crippen LogP contribution in [-0.2, 0) is 23.4 Å². The monoisotopic (exact) mass is 656 g/mol. The topological polar surface area (TPSA) is 81.6 Å². The Morgan fingerprint density at radius 3 is 1.29 bits per heavy atom. The van der Waals surface area contributed by atoms with Gasteiger partial charge in [0.15, 0.2) is 26.6 Å². The quantitative estimate of drug-likeness (QED) is 0.0771. The van der Waals surface area contributed by atoms with E-state index >= 15 is 0 Å². The minimum atomic E-state index is -2.23. The SMILES string of the molecule is CCO[n+]1ccccc1CF.CCO[n+]1ccccc1CF.[O-]B([O-])OCCCC(c1ccccc1)(c1ccccc1)c1ccccc1. The third-order valence-corrected chi connectivity index (χ3v) is 7.37. The second-order valence-electron chi connectivity index (χ2n) is 10.4. The van der Waals surface area contributed by atoms with Gasteiger partial charge in [-0.05, 0) is 55.5 Å². The number of hydrogen-bond donors (Lipinski definition) is 0. The molecule has 0 spiro atoms. The summed E-state index contributed by atoms with van der Waals surface area (Å²) in [4.78, 5) is 10.2. The highest BCUT2D eigenvalue weighted by Gasteiger charge is 2.35. The Labute approximate surface area is 282 Å². The van der Waals surface area contributed by atoms with Gasteiger partial charge in [0.1, 0.15) is 0 Å². The fraction of sp³-hybridized carbons (Fsp3) is 0.263. The van der Waals surface area contributed by atoms with E-state index < -0.39 is 20.7 Å². The summed E-state index contributed by atoms with van der Waals surface area (Å²) in [7, 11) is -2.23. The zero-order valence-corrected chi connectivity index (χ0v) is 27.5. The first-order valence-electron chi connectivity index (χ1n) is 16.0. The van der Waals surface area contributed by atoms with Crippen molar-refractivity contribution in [3.63, 3.8) is 0 Å². The van der Waals surface area contributed by atoms with Crippen molar-refractivity contribution in [3.8, 4) is 0 Å². The van der Waals surface area contributed by atoms with Crippen LogP contribution in [0.5, 0.6) is 0 Å².